The van der Waals surface area contributed by atoms with Crippen molar-refractivity contribution in [3.63, 3.8) is 0 Å². The van der Waals surface area contributed by atoms with Gasteiger partial charge < -0.3 is 10.0 Å². The lowest BCUT2D eigenvalue weighted by atomic mass is 10.2. The van der Waals surface area contributed by atoms with Gasteiger partial charge in [0.1, 0.15) is 5.75 Å². The molecular weight excluding hydrogens is 244 g/mol. The SMILES string of the molecule is O=C1CC(S)CN1c1cc([N+](=O)[O-])ccc1O. The first kappa shape index (κ1) is 11.7. The Morgan fingerprint density at radius 2 is 2.24 bits per heavy atom. The lowest BCUT2D eigenvalue weighted by Crippen LogP contribution is -2.24. The Morgan fingerprint density at radius 3 is 2.76 bits per heavy atom. The number of nitro groups is 1. The van der Waals surface area contributed by atoms with Crippen LogP contribution in [0.4, 0.5) is 11.4 Å². The predicted octanol–water partition coefficient (Wildman–Crippen LogP) is 1.34. The third-order valence-corrected chi connectivity index (χ3v) is 2.91. The van der Waals surface area contributed by atoms with Crippen LogP contribution in [-0.4, -0.2) is 27.7 Å². The van der Waals surface area contributed by atoms with Crippen LogP contribution >= 0.6 is 12.6 Å². The van der Waals surface area contributed by atoms with Crippen LogP contribution in [0.15, 0.2) is 18.2 Å². The zero-order valence-electron chi connectivity index (χ0n) is 8.74. The molecule has 1 fully saturated rings. The molecule has 0 bridgehead atoms. The first-order chi connectivity index (χ1) is 7.99. The standard InChI is InChI=1S/C10H10N2O4S/c13-9-2-1-6(12(15)16)3-8(9)11-5-7(17)4-10(11)14/h1-3,7,13,17H,4-5H2. The quantitative estimate of drug-likeness (QED) is 0.474. The van der Waals surface area contributed by atoms with Crippen LogP contribution < -0.4 is 4.90 Å². The number of carbonyl (C=O) groups is 1. The first-order valence-electron chi connectivity index (χ1n) is 4.95. The molecule has 1 saturated heterocycles. The predicted molar refractivity (Wildman–Crippen MR) is 64.5 cm³/mol. The van der Waals surface area contributed by atoms with Gasteiger partial charge in [0.2, 0.25) is 5.91 Å². The number of benzene rings is 1. The molecule has 1 aromatic rings. The largest absolute Gasteiger partial charge is 0.506 e. The van der Waals surface area contributed by atoms with Crippen LogP contribution in [-0.2, 0) is 4.79 Å². The molecule has 2 rings (SSSR count). The van der Waals surface area contributed by atoms with E-state index in [1.807, 2.05) is 0 Å². The Bertz CT molecular complexity index is 491. The van der Waals surface area contributed by atoms with Crippen molar-refractivity contribution < 1.29 is 14.8 Å². The van der Waals surface area contributed by atoms with Gasteiger partial charge in [-0.15, -0.1) is 0 Å². The molecule has 1 amide bonds. The molecule has 7 heteroatoms. The van der Waals surface area contributed by atoms with Gasteiger partial charge in [-0.3, -0.25) is 14.9 Å². The lowest BCUT2D eigenvalue weighted by Gasteiger charge is -2.16. The molecule has 0 spiro atoms. The fourth-order valence-corrected chi connectivity index (χ4v) is 2.08. The summed E-state index contributed by atoms with van der Waals surface area (Å²) in [6, 6.07) is 3.60. The van der Waals surface area contributed by atoms with E-state index in [9.17, 15) is 20.0 Å². The number of nitrogens with zero attached hydrogens (tertiary/aromatic N) is 2. The number of hydrogen-bond donors (Lipinski definition) is 2. The van der Waals surface area contributed by atoms with Gasteiger partial charge in [-0.25, -0.2) is 0 Å². The molecule has 6 nitrogen and oxygen atoms in total. The Hall–Kier alpha value is -1.76. The van der Waals surface area contributed by atoms with E-state index in [1.165, 1.54) is 23.1 Å². The summed E-state index contributed by atoms with van der Waals surface area (Å²) in [6.45, 7) is 0.344. The zero-order chi connectivity index (χ0) is 12.6. The highest BCUT2D eigenvalue weighted by molar-refractivity contribution is 7.81. The van der Waals surface area contributed by atoms with Gasteiger partial charge in [0.15, 0.2) is 0 Å². The van der Waals surface area contributed by atoms with Crippen molar-refractivity contribution in [2.24, 2.45) is 0 Å². The normalized spacial score (nSPS) is 19.7. The molecule has 1 aliphatic rings. The monoisotopic (exact) mass is 254 g/mol. The van der Waals surface area contributed by atoms with Crippen LogP contribution in [0.3, 0.4) is 0 Å². The van der Waals surface area contributed by atoms with Crippen LogP contribution in [0.1, 0.15) is 6.42 Å². The first-order valence-corrected chi connectivity index (χ1v) is 5.46. The average molecular weight is 254 g/mol. The number of phenols is 1. The van der Waals surface area contributed by atoms with Crippen molar-refractivity contribution in [2.75, 3.05) is 11.4 Å². The van der Waals surface area contributed by atoms with E-state index in [-0.39, 0.29) is 34.7 Å². The highest BCUT2D eigenvalue weighted by atomic mass is 32.1. The molecule has 0 saturated carbocycles. The van der Waals surface area contributed by atoms with Crippen LogP contribution in [0.5, 0.6) is 5.75 Å². The van der Waals surface area contributed by atoms with Crippen LogP contribution in [0, 0.1) is 10.1 Å². The molecule has 1 aromatic carbocycles. The number of thiol groups is 1. The number of non-ortho nitro benzene ring substituents is 1. The third kappa shape index (κ3) is 2.19. The molecule has 1 unspecified atom stereocenters. The number of rotatable bonds is 2. The van der Waals surface area contributed by atoms with Gasteiger partial charge in [-0.1, -0.05) is 0 Å². The number of amides is 1. The van der Waals surface area contributed by atoms with Crippen LogP contribution in [0.2, 0.25) is 0 Å². The molecule has 1 heterocycles. The molecule has 90 valence electrons. The maximum Gasteiger partial charge on any atom is 0.271 e. The van der Waals surface area contributed by atoms with Crippen LogP contribution in [0.25, 0.3) is 0 Å². The van der Waals surface area contributed by atoms with Crippen molar-refractivity contribution in [1.29, 1.82) is 0 Å². The minimum Gasteiger partial charge on any atom is -0.506 e. The summed E-state index contributed by atoms with van der Waals surface area (Å²) in [6.07, 6.45) is 0.269. The smallest absolute Gasteiger partial charge is 0.271 e. The van der Waals surface area contributed by atoms with Gasteiger partial charge in [-0.05, 0) is 6.07 Å². The Morgan fingerprint density at radius 1 is 1.53 bits per heavy atom. The number of nitro benzene ring substituents is 1. The highest BCUT2D eigenvalue weighted by Crippen LogP contribution is 2.34. The van der Waals surface area contributed by atoms with E-state index in [1.54, 1.807) is 0 Å². The summed E-state index contributed by atoms with van der Waals surface area (Å²) in [5.74, 6) is -0.341. The molecule has 0 radical (unpaired) electrons. The zero-order valence-corrected chi connectivity index (χ0v) is 9.63. The van der Waals surface area contributed by atoms with Gasteiger partial charge in [0.05, 0.1) is 10.6 Å². The van der Waals surface area contributed by atoms with Gasteiger partial charge in [0, 0.05) is 30.3 Å². The third-order valence-electron chi connectivity index (χ3n) is 2.57. The maximum absolute atomic E-state index is 11.6. The van der Waals surface area contributed by atoms with E-state index in [0.717, 1.165) is 0 Å². The van der Waals surface area contributed by atoms with Crippen molar-refractivity contribution in [2.45, 2.75) is 11.7 Å². The second-order valence-electron chi connectivity index (χ2n) is 3.79. The molecule has 1 aliphatic heterocycles. The molecule has 0 aliphatic carbocycles. The number of aromatic hydroxyl groups is 1. The number of phenolic OH excluding ortho intramolecular Hbond substituents is 1. The topological polar surface area (TPSA) is 83.7 Å². The average Bonchev–Trinajstić information content (AvgIpc) is 2.58. The van der Waals surface area contributed by atoms with Crippen molar-refractivity contribution >= 4 is 29.9 Å². The Kier molecular flexibility index (Phi) is 2.93. The van der Waals surface area contributed by atoms with Gasteiger partial charge >= 0.3 is 0 Å². The second kappa shape index (κ2) is 4.25. The fraction of sp³-hybridized carbons (Fsp3) is 0.300. The molecule has 17 heavy (non-hydrogen) atoms. The molecule has 1 N–H and O–H groups in total. The van der Waals surface area contributed by atoms with E-state index in [2.05, 4.69) is 12.6 Å². The van der Waals surface area contributed by atoms with Crippen molar-refractivity contribution in [3.05, 3.63) is 28.3 Å². The van der Waals surface area contributed by atoms with Crippen molar-refractivity contribution in [1.82, 2.24) is 0 Å². The van der Waals surface area contributed by atoms with E-state index in [0.29, 0.717) is 6.54 Å². The number of anilines is 1. The minimum atomic E-state index is -0.568. The fourth-order valence-electron chi connectivity index (χ4n) is 1.76. The lowest BCUT2D eigenvalue weighted by molar-refractivity contribution is -0.384. The van der Waals surface area contributed by atoms with E-state index < -0.39 is 4.92 Å². The van der Waals surface area contributed by atoms with Gasteiger partial charge in [0.25, 0.3) is 5.69 Å². The summed E-state index contributed by atoms with van der Waals surface area (Å²) < 4.78 is 0. The van der Waals surface area contributed by atoms with Crippen molar-refractivity contribution in [3.8, 4) is 5.75 Å². The number of carbonyl (C=O) groups excluding carboxylic acids is 1. The Balaban J connectivity index is 2.41. The summed E-state index contributed by atoms with van der Waals surface area (Å²) in [5, 5.41) is 20.2. The summed E-state index contributed by atoms with van der Waals surface area (Å²) >= 11 is 4.18. The second-order valence-corrected chi connectivity index (χ2v) is 4.52. The molecular formula is C10H10N2O4S. The minimum absolute atomic E-state index is 0.110. The number of hydrogen-bond acceptors (Lipinski definition) is 5. The maximum atomic E-state index is 11.6. The van der Waals surface area contributed by atoms with E-state index >= 15 is 0 Å². The van der Waals surface area contributed by atoms with E-state index in [4.69, 9.17) is 0 Å². The highest BCUT2D eigenvalue weighted by Gasteiger charge is 2.30. The summed E-state index contributed by atoms with van der Waals surface area (Å²) in [7, 11) is 0. The Labute approximate surface area is 102 Å². The summed E-state index contributed by atoms with van der Waals surface area (Å²) in [5.41, 5.74) is 0.00830. The molecule has 1 atom stereocenters. The van der Waals surface area contributed by atoms with Gasteiger partial charge in [-0.2, -0.15) is 12.6 Å². The molecule has 0 aromatic heterocycles. The summed E-state index contributed by atoms with van der Waals surface area (Å²) in [4.78, 5) is 23.0.